The molecular weight excluding hydrogens is 442 g/mol. The summed E-state index contributed by atoms with van der Waals surface area (Å²) in [6.45, 7) is 5.29. The summed E-state index contributed by atoms with van der Waals surface area (Å²) < 4.78 is 36.9. The number of morpholine rings is 1. The molecule has 10 heteroatoms. The lowest BCUT2D eigenvalue weighted by Gasteiger charge is -2.41. The number of nitrogens with one attached hydrogen (secondary N) is 1. The molecule has 33 heavy (non-hydrogen) atoms. The van der Waals surface area contributed by atoms with Crippen molar-refractivity contribution in [3.05, 3.63) is 42.2 Å². The monoisotopic (exact) mass is 467 g/mol. The van der Waals surface area contributed by atoms with Gasteiger partial charge < -0.3 is 14.4 Å². The Kier molecular flexibility index (Phi) is 6.10. The van der Waals surface area contributed by atoms with Crippen LogP contribution in [0.5, 0.6) is 5.88 Å². The van der Waals surface area contributed by atoms with E-state index in [9.17, 15) is 13.7 Å². The standard InChI is InChI=1S/C23H25N5O4S/c1-14-12-32-13-15(2)28(14)22-18(9-24)11-25-20-6-5-16(7-19(20)22)17-8-21(27-33(4,29)30)23(31-3)26-10-17/h5-8,10-11,14-15,27H,12-13H2,1-4H3/t14-,15-/m1/s1. The van der Waals surface area contributed by atoms with Gasteiger partial charge in [0.15, 0.2) is 0 Å². The van der Waals surface area contributed by atoms with Gasteiger partial charge in [0.2, 0.25) is 15.9 Å². The first kappa shape index (κ1) is 22.8. The molecule has 1 aliphatic heterocycles. The van der Waals surface area contributed by atoms with Gasteiger partial charge >= 0.3 is 0 Å². The molecule has 172 valence electrons. The third-order valence-corrected chi connectivity index (χ3v) is 6.15. The molecule has 1 saturated heterocycles. The molecule has 4 rings (SSSR count). The van der Waals surface area contributed by atoms with Crippen LogP contribution in [0.3, 0.4) is 0 Å². The van der Waals surface area contributed by atoms with Crippen LogP contribution in [0, 0.1) is 11.3 Å². The summed E-state index contributed by atoms with van der Waals surface area (Å²) in [5, 5.41) is 10.7. The van der Waals surface area contributed by atoms with Gasteiger partial charge in [0, 0.05) is 35.4 Å². The van der Waals surface area contributed by atoms with E-state index in [-0.39, 0.29) is 23.7 Å². The van der Waals surface area contributed by atoms with Crippen molar-refractivity contribution in [3.8, 4) is 23.1 Å². The van der Waals surface area contributed by atoms with Crippen molar-refractivity contribution in [3.63, 3.8) is 0 Å². The van der Waals surface area contributed by atoms with Crippen molar-refractivity contribution in [2.75, 3.05) is 36.2 Å². The van der Waals surface area contributed by atoms with Crippen LogP contribution < -0.4 is 14.4 Å². The van der Waals surface area contributed by atoms with Crippen molar-refractivity contribution in [1.29, 1.82) is 5.26 Å². The fraction of sp³-hybridized carbons (Fsp3) is 0.348. The maximum absolute atomic E-state index is 11.8. The number of aromatic nitrogens is 2. The van der Waals surface area contributed by atoms with Gasteiger partial charge in [0.1, 0.15) is 11.8 Å². The molecule has 2 atom stereocenters. The third kappa shape index (κ3) is 4.55. The predicted molar refractivity (Wildman–Crippen MR) is 127 cm³/mol. The number of rotatable bonds is 5. The van der Waals surface area contributed by atoms with Crippen LogP contribution >= 0.6 is 0 Å². The summed E-state index contributed by atoms with van der Waals surface area (Å²) in [6.07, 6.45) is 4.30. The molecule has 0 amide bonds. The number of methoxy groups -OCH3 is 1. The van der Waals surface area contributed by atoms with Crippen LogP contribution in [0.2, 0.25) is 0 Å². The molecule has 9 nitrogen and oxygen atoms in total. The zero-order valence-electron chi connectivity index (χ0n) is 18.9. The Labute approximate surface area is 193 Å². The number of nitriles is 1. The number of fused-ring (bicyclic) bond motifs is 1. The van der Waals surface area contributed by atoms with E-state index in [1.165, 1.54) is 7.11 Å². The van der Waals surface area contributed by atoms with Crippen LogP contribution in [0.15, 0.2) is 36.7 Å². The minimum atomic E-state index is -3.52. The van der Waals surface area contributed by atoms with Gasteiger partial charge in [-0.1, -0.05) is 6.07 Å². The summed E-state index contributed by atoms with van der Waals surface area (Å²) in [6, 6.07) is 9.87. The zero-order valence-corrected chi connectivity index (χ0v) is 19.7. The lowest BCUT2D eigenvalue weighted by Crippen LogP contribution is -2.50. The minimum absolute atomic E-state index is 0.0864. The fourth-order valence-electron chi connectivity index (χ4n) is 4.21. The quantitative estimate of drug-likeness (QED) is 0.608. The number of benzene rings is 1. The van der Waals surface area contributed by atoms with Gasteiger partial charge in [-0.25, -0.2) is 13.4 Å². The summed E-state index contributed by atoms with van der Waals surface area (Å²) in [5.41, 5.74) is 3.82. The summed E-state index contributed by atoms with van der Waals surface area (Å²) in [4.78, 5) is 11.0. The van der Waals surface area contributed by atoms with Crippen LogP contribution in [0.25, 0.3) is 22.0 Å². The first-order valence-corrected chi connectivity index (χ1v) is 12.3. The number of anilines is 2. The van der Waals surface area contributed by atoms with Gasteiger partial charge in [0.25, 0.3) is 0 Å². The Morgan fingerprint density at radius 3 is 2.52 bits per heavy atom. The van der Waals surface area contributed by atoms with Crippen LogP contribution in [-0.4, -0.2) is 57.0 Å². The topological polar surface area (TPSA) is 117 Å². The van der Waals surface area contributed by atoms with E-state index in [1.807, 2.05) is 18.2 Å². The molecule has 0 bridgehead atoms. The Morgan fingerprint density at radius 1 is 1.15 bits per heavy atom. The molecule has 0 spiro atoms. The van der Waals surface area contributed by atoms with Gasteiger partial charge in [-0.2, -0.15) is 5.26 Å². The van der Waals surface area contributed by atoms with Gasteiger partial charge in [-0.15, -0.1) is 0 Å². The molecule has 3 heterocycles. The first-order valence-electron chi connectivity index (χ1n) is 10.4. The number of sulfonamides is 1. The normalized spacial score (nSPS) is 18.7. The molecule has 0 aliphatic carbocycles. The molecule has 0 saturated carbocycles. The number of nitrogens with zero attached hydrogens (tertiary/aromatic N) is 4. The summed E-state index contributed by atoms with van der Waals surface area (Å²) in [5.74, 6) is 0.176. The Balaban J connectivity index is 1.90. The van der Waals surface area contributed by atoms with Crippen molar-refractivity contribution in [2.45, 2.75) is 25.9 Å². The average molecular weight is 468 g/mol. The lowest BCUT2D eigenvalue weighted by atomic mass is 10.00. The third-order valence-electron chi connectivity index (χ3n) is 5.56. The second-order valence-corrected chi connectivity index (χ2v) is 9.91. The van der Waals surface area contributed by atoms with E-state index in [2.05, 4.69) is 39.5 Å². The largest absolute Gasteiger partial charge is 0.480 e. The second-order valence-electron chi connectivity index (χ2n) is 8.16. The van der Waals surface area contributed by atoms with Crippen molar-refractivity contribution in [2.24, 2.45) is 0 Å². The molecule has 1 fully saturated rings. The molecule has 0 radical (unpaired) electrons. The van der Waals surface area contributed by atoms with Crippen LogP contribution in [0.4, 0.5) is 11.4 Å². The highest BCUT2D eigenvalue weighted by Crippen LogP contribution is 2.37. The van der Waals surface area contributed by atoms with Gasteiger partial charge in [-0.05, 0) is 37.6 Å². The number of hydrogen-bond donors (Lipinski definition) is 1. The summed E-state index contributed by atoms with van der Waals surface area (Å²) >= 11 is 0. The highest BCUT2D eigenvalue weighted by atomic mass is 32.2. The zero-order chi connectivity index (χ0) is 23.8. The van der Waals surface area contributed by atoms with Crippen LogP contribution in [0.1, 0.15) is 19.4 Å². The summed E-state index contributed by atoms with van der Waals surface area (Å²) in [7, 11) is -2.09. The second kappa shape index (κ2) is 8.84. The Bertz CT molecular complexity index is 1340. The fourth-order valence-corrected chi connectivity index (χ4v) is 4.75. The highest BCUT2D eigenvalue weighted by Gasteiger charge is 2.29. The van der Waals surface area contributed by atoms with E-state index < -0.39 is 10.0 Å². The molecular formula is C23H25N5O4S. The van der Waals surface area contributed by atoms with Gasteiger partial charge in [-0.3, -0.25) is 9.71 Å². The van der Waals surface area contributed by atoms with E-state index in [1.54, 1.807) is 18.5 Å². The van der Waals surface area contributed by atoms with Crippen LogP contribution in [-0.2, 0) is 14.8 Å². The molecule has 2 aromatic heterocycles. The molecule has 3 aromatic rings. The van der Waals surface area contributed by atoms with E-state index in [4.69, 9.17) is 9.47 Å². The van der Waals surface area contributed by atoms with Crippen molar-refractivity contribution < 1.29 is 17.9 Å². The van der Waals surface area contributed by atoms with E-state index in [0.29, 0.717) is 24.3 Å². The lowest BCUT2D eigenvalue weighted by molar-refractivity contribution is 0.0758. The van der Waals surface area contributed by atoms with E-state index >= 15 is 0 Å². The first-order chi connectivity index (χ1) is 15.7. The van der Waals surface area contributed by atoms with E-state index in [0.717, 1.165) is 28.4 Å². The smallest absolute Gasteiger partial charge is 0.238 e. The highest BCUT2D eigenvalue weighted by molar-refractivity contribution is 7.92. The molecule has 0 unspecified atom stereocenters. The maximum atomic E-state index is 11.8. The molecule has 1 aromatic carbocycles. The number of hydrogen-bond acceptors (Lipinski definition) is 8. The van der Waals surface area contributed by atoms with Crippen molar-refractivity contribution in [1.82, 2.24) is 9.97 Å². The average Bonchev–Trinajstić information content (AvgIpc) is 2.77. The number of ether oxygens (including phenoxy) is 2. The maximum Gasteiger partial charge on any atom is 0.238 e. The van der Waals surface area contributed by atoms with Gasteiger partial charge in [0.05, 0.1) is 43.3 Å². The Morgan fingerprint density at radius 2 is 1.88 bits per heavy atom. The Hall–Kier alpha value is -3.42. The predicted octanol–water partition coefficient (Wildman–Crippen LogP) is 3.16. The molecule has 1 N–H and O–H groups in total. The minimum Gasteiger partial charge on any atom is -0.480 e. The SMILES string of the molecule is COc1ncc(-c2ccc3ncc(C#N)c(N4[C@H](C)COC[C@H]4C)c3c2)cc1NS(C)(=O)=O. The molecule has 1 aliphatic rings. The van der Waals surface area contributed by atoms with Crippen molar-refractivity contribution >= 4 is 32.3 Å². The number of pyridine rings is 2.